The Morgan fingerprint density at radius 3 is 1.29 bits per heavy atom. The number of rotatable bonds is 8. The number of benzene rings is 13. The Morgan fingerprint density at radius 1 is 0.291 bits per heavy atom. The molecule has 2 heterocycles. The van der Waals surface area contributed by atoms with Gasteiger partial charge in [-0.05, 0) is 150 Å². The van der Waals surface area contributed by atoms with Crippen LogP contribution in [0.2, 0.25) is 0 Å². The highest BCUT2D eigenvalue weighted by atomic mass is 16.3. The van der Waals surface area contributed by atoms with Crippen LogP contribution in [0.3, 0.4) is 0 Å². The van der Waals surface area contributed by atoms with Crippen molar-refractivity contribution >= 4 is 110 Å². The average Bonchev–Trinajstić information content (AvgIpc) is 3.21. The van der Waals surface area contributed by atoms with Gasteiger partial charge in [0.25, 0.3) is 0 Å². The lowest BCUT2D eigenvalue weighted by atomic mass is 9.77. The van der Waals surface area contributed by atoms with Crippen LogP contribution in [0.5, 0.6) is 0 Å². The van der Waals surface area contributed by atoms with E-state index in [0.717, 1.165) is 78.0 Å². The summed E-state index contributed by atoms with van der Waals surface area (Å²) in [5.41, 5.74) is 19.3. The summed E-state index contributed by atoms with van der Waals surface area (Å²) < 4.78 is 13.5. The molecule has 79 heavy (non-hydrogen) atoms. The number of furan rings is 2. The van der Waals surface area contributed by atoms with Gasteiger partial charge in [0, 0.05) is 49.7 Å². The molecular formula is C75H50N2O2. The van der Waals surface area contributed by atoms with E-state index in [1.54, 1.807) is 0 Å². The fourth-order valence-electron chi connectivity index (χ4n) is 13.2. The van der Waals surface area contributed by atoms with E-state index < -0.39 is 0 Å². The maximum Gasteiger partial charge on any atom is 0.159 e. The summed E-state index contributed by atoms with van der Waals surface area (Å²) in [5.74, 6) is 0. The van der Waals surface area contributed by atoms with Gasteiger partial charge in [0.2, 0.25) is 0 Å². The molecule has 0 aliphatic heterocycles. The Labute approximate surface area is 457 Å². The third-order valence-electron chi connectivity index (χ3n) is 16.8. The third-order valence-corrected chi connectivity index (χ3v) is 16.8. The van der Waals surface area contributed by atoms with Crippen LogP contribution in [0.25, 0.3) is 110 Å². The molecule has 0 saturated heterocycles. The summed E-state index contributed by atoms with van der Waals surface area (Å²) in [6.07, 6.45) is 0. The lowest BCUT2D eigenvalue weighted by molar-refractivity contribution is 0.668. The van der Waals surface area contributed by atoms with Gasteiger partial charge in [-0.15, -0.1) is 0 Å². The molecule has 372 valence electrons. The van der Waals surface area contributed by atoms with Gasteiger partial charge in [0.15, 0.2) is 11.2 Å². The lowest BCUT2D eigenvalue weighted by Crippen LogP contribution is -2.16. The molecule has 0 spiro atoms. The van der Waals surface area contributed by atoms with Gasteiger partial charge in [-0.3, -0.25) is 0 Å². The molecule has 4 nitrogen and oxygen atoms in total. The summed E-state index contributed by atoms with van der Waals surface area (Å²) in [4.78, 5) is 4.74. The van der Waals surface area contributed by atoms with Crippen molar-refractivity contribution in [2.75, 3.05) is 9.80 Å². The van der Waals surface area contributed by atoms with Crippen molar-refractivity contribution in [1.82, 2.24) is 0 Å². The molecule has 0 saturated carbocycles. The highest BCUT2D eigenvalue weighted by Crippen LogP contribution is 2.58. The van der Waals surface area contributed by atoms with E-state index in [-0.39, 0.29) is 5.41 Å². The van der Waals surface area contributed by atoms with Crippen molar-refractivity contribution in [3.8, 4) is 33.4 Å². The van der Waals surface area contributed by atoms with Crippen LogP contribution in [-0.2, 0) is 5.41 Å². The molecule has 4 heteroatoms. The lowest BCUT2D eigenvalue weighted by Gasteiger charge is -2.28. The molecule has 0 amide bonds. The zero-order valence-electron chi connectivity index (χ0n) is 43.6. The van der Waals surface area contributed by atoms with Gasteiger partial charge < -0.3 is 18.6 Å². The summed E-state index contributed by atoms with van der Waals surface area (Å²) in [6, 6.07) is 96.6. The number of para-hydroxylation sites is 4. The molecule has 16 rings (SSSR count). The second kappa shape index (κ2) is 17.4. The molecule has 13 aromatic carbocycles. The van der Waals surface area contributed by atoms with Gasteiger partial charge in [-0.25, -0.2) is 0 Å². The normalized spacial score (nSPS) is 12.8. The smallest absolute Gasteiger partial charge is 0.159 e. The van der Waals surface area contributed by atoms with Gasteiger partial charge in [0.05, 0.1) is 11.4 Å². The van der Waals surface area contributed by atoms with Crippen LogP contribution in [0.4, 0.5) is 34.1 Å². The Bertz CT molecular complexity index is 4920. The first-order chi connectivity index (χ1) is 38.9. The molecule has 0 fully saturated rings. The van der Waals surface area contributed by atoms with E-state index in [9.17, 15) is 0 Å². The quantitative estimate of drug-likeness (QED) is 0.142. The molecule has 0 atom stereocenters. The van der Waals surface area contributed by atoms with E-state index in [4.69, 9.17) is 8.83 Å². The van der Waals surface area contributed by atoms with Crippen LogP contribution in [-0.4, -0.2) is 0 Å². The molecule has 0 bridgehead atoms. The minimum Gasteiger partial charge on any atom is -0.454 e. The molecule has 1 aliphatic rings. The van der Waals surface area contributed by atoms with Crippen LogP contribution >= 0.6 is 0 Å². The Morgan fingerprint density at radius 2 is 0.734 bits per heavy atom. The maximum absolute atomic E-state index is 6.78. The van der Waals surface area contributed by atoms with Crippen molar-refractivity contribution in [1.29, 1.82) is 0 Å². The second-order valence-electron chi connectivity index (χ2n) is 21.5. The highest BCUT2D eigenvalue weighted by Gasteiger charge is 2.40. The summed E-state index contributed by atoms with van der Waals surface area (Å²) >= 11 is 0. The zero-order chi connectivity index (χ0) is 52.3. The van der Waals surface area contributed by atoms with Crippen molar-refractivity contribution in [3.05, 3.63) is 278 Å². The van der Waals surface area contributed by atoms with E-state index >= 15 is 0 Å². The number of anilines is 6. The maximum atomic E-state index is 6.78. The Balaban J connectivity index is 0.858. The molecule has 15 aromatic rings. The van der Waals surface area contributed by atoms with Crippen molar-refractivity contribution < 1.29 is 8.83 Å². The predicted octanol–water partition coefficient (Wildman–Crippen LogP) is 21.5. The fraction of sp³-hybridized carbons (Fsp3) is 0.0400. The summed E-state index contributed by atoms with van der Waals surface area (Å²) in [5, 5.41) is 11.8. The minimum absolute atomic E-state index is 0.352. The van der Waals surface area contributed by atoms with Gasteiger partial charge in [-0.2, -0.15) is 0 Å². The average molecular weight is 1010 g/mol. The third kappa shape index (κ3) is 6.94. The molecule has 0 radical (unpaired) electrons. The molecule has 0 unspecified atom stereocenters. The SMILES string of the molecule is CC1(C)c2c(ccc3cc(N(c4ccc(-c5ccccc5)cc4)c4cccc5c4oc4ccccc45)ccc23)-c2c1c1ccc(N(c3ccc(-c4ccccc4)cc3)c3cccc4c3oc3ccccc34)cc1c1ccccc21. The van der Waals surface area contributed by atoms with E-state index in [2.05, 4.69) is 278 Å². The predicted molar refractivity (Wildman–Crippen MR) is 331 cm³/mol. The highest BCUT2D eigenvalue weighted by molar-refractivity contribution is 6.21. The number of hydrogen-bond donors (Lipinski definition) is 0. The van der Waals surface area contributed by atoms with Crippen LogP contribution in [0.1, 0.15) is 25.0 Å². The first-order valence-electron chi connectivity index (χ1n) is 27.2. The standard InChI is InChI=1S/C75H50N2O2/c1-75(2)71-56-43-40-54(76(52-36-31-49(32-37-52)47-17-5-3-6-18-47)66-27-15-25-62-58-22-11-13-29-68(58)78-73(62)66)45-51(56)35-42-64(71)70-60-24-10-9-21-57(60)65-46-55(41-44-61(65)72(70)75)77(53-38-33-50(34-39-53)48-19-7-4-8-20-48)67-28-16-26-63-59-23-12-14-30-69(59)79-74(63)67/h3-46H,1-2H3. The van der Waals surface area contributed by atoms with Gasteiger partial charge in [-0.1, -0.05) is 208 Å². The first-order valence-corrected chi connectivity index (χ1v) is 27.2. The van der Waals surface area contributed by atoms with Crippen LogP contribution in [0.15, 0.2) is 276 Å². The Kier molecular flexibility index (Phi) is 9.95. The number of hydrogen-bond acceptors (Lipinski definition) is 4. The fourth-order valence-corrected chi connectivity index (χ4v) is 13.2. The first kappa shape index (κ1) is 45.1. The Hall–Kier alpha value is -10.2. The molecular weight excluding hydrogens is 961 g/mol. The van der Waals surface area contributed by atoms with Gasteiger partial charge >= 0.3 is 0 Å². The second-order valence-corrected chi connectivity index (χ2v) is 21.5. The number of nitrogens with zero attached hydrogens (tertiary/aromatic N) is 2. The monoisotopic (exact) mass is 1010 g/mol. The zero-order valence-corrected chi connectivity index (χ0v) is 43.6. The van der Waals surface area contributed by atoms with Crippen molar-refractivity contribution in [2.24, 2.45) is 0 Å². The minimum atomic E-state index is -0.352. The summed E-state index contributed by atoms with van der Waals surface area (Å²) in [6.45, 7) is 4.86. The molecule has 0 N–H and O–H groups in total. The topological polar surface area (TPSA) is 32.8 Å². The van der Waals surface area contributed by atoms with Crippen LogP contribution < -0.4 is 9.80 Å². The molecule has 1 aliphatic carbocycles. The summed E-state index contributed by atoms with van der Waals surface area (Å²) in [7, 11) is 0. The van der Waals surface area contributed by atoms with E-state index in [1.807, 2.05) is 12.1 Å². The van der Waals surface area contributed by atoms with Crippen molar-refractivity contribution in [3.63, 3.8) is 0 Å². The molecule has 2 aromatic heterocycles. The van der Waals surface area contributed by atoms with Crippen molar-refractivity contribution in [2.45, 2.75) is 19.3 Å². The van der Waals surface area contributed by atoms with Gasteiger partial charge in [0.1, 0.15) is 11.2 Å². The van der Waals surface area contributed by atoms with E-state index in [1.165, 1.54) is 76.8 Å². The van der Waals surface area contributed by atoms with Crippen LogP contribution in [0, 0.1) is 0 Å². The number of fused-ring (bicyclic) bond motifs is 16. The van der Waals surface area contributed by atoms with E-state index in [0.29, 0.717) is 0 Å². The largest absolute Gasteiger partial charge is 0.454 e.